The minimum Gasteiger partial charge on any atom is -0.359 e. The van der Waals surface area contributed by atoms with Gasteiger partial charge in [0.15, 0.2) is 0 Å². The van der Waals surface area contributed by atoms with Gasteiger partial charge in [0.25, 0.3) is 0 Å². The molecule has 2 fully saturated rings. The van der Waals surface area contributed by atoms with Gasteiger partial charge in [-0.15, -0.1) is 12.4 Å². The molecule has 10 heavy (non-hydrogen) atoms. The Hall–Kier alpha value is 0.210. The Morgan fingerprint density at radius 2 is 2.20 bits per heavy atom. The lowest BCUT2D eigenvalue weighted by atomic mass is 9.99. The van der Waals surface area contributed by atoms with Gasteiger partial charge in [0.1, 0.15) is 6.23 Å². The Bertz CT molecular complexity index is 108. The molecular formula is C7H14ClNO. The summed E-state index contributed by atoms with van der Waals surface area (Å²) >= 11 is 0. The van der Waals surface area contributed by atoms with Crippen LogP contribution in [0.5, 0.6) is 0 Å². The van der Waals surface area contributed by atoms with E-state index in [0.717, 1.165) is 12.5 Å². The summed E-state index contributed by atoms with van der Waals surface area (Å²) in [6.07, 6.45) is 3.37. The number of hydrogen-bond donors (Lipinski definition) is 1. The van der Waals surface area contributed by atoms with Gasteiger partial charge in [0.2, 0.25) is 0 Å². The molecule has 0 aromatic carbocycles. The van der Waals surface area contributed by atoms with E-state index in [1.54, 1.807) is 0 Å². The molecule has 3 atom stereocenters. The van der Waals surface area contributed by atoms with E-state index >= 15 is 0 Å². The van der Waals surface area contributed by atoms with Gasteiger partial charge in [-0.25, -0.2) is 0 Å². The first-order valence-corrected chi connectivity index (χ1v) is 3.73. The van der Waals surface area contributed by atoms with Gasteiger partial charge < -0.3 is 4.74 Å². The van der Waals surface area contributed by atoms with Crippen LogP contribution in [0.2, 0.25) is 0 Å². The maximum absolute atomic E-state index is 5.56. The maximum atomic E-state index is 5.56. The van der Waals surface area contributed by atoms with Gasteiger partial charge >= 0.3 is 0 Å². The molecule has 0 unspecified atom stereocenters. The third-order valence-corrected chi connectivity index (χ3v) is 2.21. The largest absolute Gasteiger partial charge is 0.359 e. The van der Waals surface area contributed by atoms with Crippen molar-refractivity contribution in [2.75, 3.05) is 6.54 Å². The van der Waals surface area contributed by atoms with Gasteiger partial charge in [-0.1, -0.05) is 6.92 Å². The second kappa shape index (κ2) is 3.07. The van der Waals surface area contributed by atoms with Gasteiger partial charge in [-0.05, 0) is 18.8 Å². The van der Waals surface area contributed by atoms with Crippen molar-refractivity contribution in [2.45, 2.75) is 32.1 Å². The molecule has 0 aromatic rings. The van der Waals surface area contributed by atoms with Crippen molar-refractivity contribution in [1.82, 2.24) is 5.32 Å². The van der Waals surface area contributed by atoms with E-state index < -0.39 is 0 Å². The number of nitrogens with one attached hydrogen (secondary N) is 1. The molecule has 2 heterocycles. The van der Waals surface area contributed by atoms with Crippen molar-refractivity contribution in [2.24, 2.45) is 5.92 Å². The molecule has 0 radical (unpaired) electrons. The van der Waals surface area contributed by atoms with E-state index in [1.807, 2.05) is 0 Å². The SMILES string of the molecule is C[C@H]1C[C@@H]2CN[C@H](C1)O2.Cl. The molecule has 0 amide bonds. The summed E-state index contributed by atoms with van der Waals surface area (Å²) in [6.45, 7) is 3.38. The maximum Gasteiger partial charge on any atom is 0.108 e. The highest BCUT2D eigenvalue weighted by molar-refractivity contribution is 5.85. The van der Waals surface area contributed by atoms with E-state index in [2.05, 4.69) is 12.2 Å². The molecule has 0 aliphatic carbocycles. The number of ether oxygens (including phenoxy) is 1. The smallest absolute Gasteiger partial charge is 0.108 e. The second-order valence-corrected chi connectivity index (χ2v) is 3.23. The van der Waals surface area contributed by atoms with Gasteiger partial charge in [0, 0.05) is 6.54 Å². The fourth-order valence-electron chi connectivity index (χ4n) is 1.78. The van der Waals surface area contributed by atoms with Crippen molar-refractivity contribution in [3.05, 3.63) is 0 Å². The van der Waals surface area contributed by atoms with Gasteiger partial charge in [-0.3, -0.25) is 5.32 Å². The highest BCUT2D eigenvalue weighted by atomic mass is 35.5. The summed E-state index contributed by atoms with van der Waals surface area (Å²) < 4.78 is 5.56. The highest BCUT2D eigenvalue weighted by Crippen LogP contribution is 2.26. The first kappa shape index (κ1) is 8.31. The average molecular weight is 164 g/mol. The van der Waals surface area contributed by atoms with E-state index in [-0.39, 0.29) is 12.4 Å². The van der Waals surface area contributed by atoms with Crippen molar-refractivity contribution in [1.29, 1.82) is 0 Å². The van der Waals surface area contributed by atoms with Crippen LogP contribution in [0.4, 0.5) is 0 Å². The van der Waals surface area contributed by atoms with Crippen molar-refractivity contribution >= 4 is 12.4 Å². The van der Waals surface area contributed by atoms with Crippen molar-refractivity contribution < 1.29 is 4.74 Å². The number of fused-ring (bicyclic) bond motifs is 2. The summed E-state index contributed by atoms with van der Waals surface area (Å²) in [6, 6.07) is 0. The molecule has 0 aromatic heterocycles. The van der Waals surface area contributed by atoms with E-state index in [9.17, 15) is 0 Å². The molecule has 1 N–H and O–H groups in total. The standard InChI is InChI=1S/C7H13NO.ClH/c1-5-2-6-4-8-7(3-5)9-6;/h5-8H,2-4H2,1H3;1H/t5-,6+,7-;/m0./s1. The summed E-state index contributed by atoms with van der Waals surface area (Å²) in [5, 5.41) is 3.33. The summed E-state index contributed by atoms with van der Waals surface area (Å²) in [5.41, 5.74) is 0. The third-order valence-electron chi connectivity index (χ3n) is 2.21. The number of hydrogen-bond acceptors (Lipinski definition) is 2. The Morgan fingerprint density at radius 1 is 1.40 bits per heavy atom. The Morgan fingerprint density at radius 3 is 2.90 bits per heavy atom. The zero-order valence-electron chi connectivity index (χ0n) is 6.17. The van der Waals surface area contributed by atoms with Crippen LogP contribution in [0, 0.1) is 5.92 Å². The van der Waals surface area contributed by atoms with Crippen LogP contribution in [-0.2, 0) is 4.74 Å². The number of halogens is 1. The van der Waals surface area contributed by atoms with Gasteiger partial charge in [0.05, 0.1) is 6.10 Å². The van der Waals surface area contributed by atoms with E-state index in [0.29, 0.717) is 12.3 Å². The average Bonchev–Trinajstić information content (AvgIpc) is 2.11. The molecule has 2 aliphatic rings. The van der Waals surface area contributed by atoms with E-state index in [1.165, 1.54) is 12.8 Å². The lowest BCUT2D eigenvalue weighted by Gasteiger charge is -2.23. The summed E-state index contributed by atoms with van der Waals surface area (Å²) in [4.78, 5) is 0. The molecule has 3 heteroatoms. The van der Waals surface area contributed by atoms with Crippen LogP contribution in [0.1, 0.15) is 19.8 Å². The quantitative estimate of drug-likeness (QED) is 0.579. The minimum absolute atomic E-state index is 0. The second-order valence-electron chi connectivity index (χ2n) is 3.23. The molecule has 2 aliphatic heterocycles. The van der Waals surface area contributed by atoms with Crippen LogP contribution in [0.3, 0.4) is 0 Å². The lowest BCUT2D eigenvalue weighted by molar-refractivity contribution is -0.0182. The molecular weight excluding hydrogens is 150 g/mol. The predicted molar refractivity (Wildman–Crippen MR) is 42.3 cm³/mol. The Kier molecular flexibility index (Phi) is 2.55. The van der Waals surface area contributed by atoms with Crippen LogP contribution in [0.25, 0.3) is 0 Å². The first-order valence-electron chi connectivity index (χ1n) is 3.73. The minimum atomic E-state index is 0. The summed E-state index contributed by atoms with van der Waals surface area (Å²) in [5.74, 6) is 0.865. The van der Waals surface area contributed by atoms with Gasteiger partial charge in [-0.2, -0.15) is 0 Å². The first-order chi connectivity index (χ1) is 4.34. The fourth-order valence-corrected chi connectivity index (χ4v) is 1.78. The fraction of sp³-hybridized carbons (Fsp3) is 1.00. The lowest BCUT2D eigenvalue weighted by Crippen LogP contribution is -2.27. The van der Waals surface area contributed by atoms with Crippen LogP contribution in [0.15, 0.2) is 0 Å². The molecule has 2 nitrogen and oxygen atoms in total. The topological polar surface area (TPSA) is 21.3 Å². The third kappa shape index (κ3) is 1.44. The molecule has 2 saturated heterocycles. The molecule has 60 valence electrons. The van der Waals surface area contributed by atoms with Crippen LogP contribution < -0.4 is 5.32 Å². The normalized spacial score (nSPS) is 44.7. The summed E-state index contributed by atoms with van der Waals surface area (Å²) in [7, 11) is 0. The monoisotopic (exact) mass is 163 g/mol. The van der Waals surface area contributed by atoms with Crippen molar-refractivity contribution in [3.63, 3.8) is 0 Å². The van der Waals surface area contributed by atoms with Crippen LogP contribution >= 0.6 is 12.4 Å². The highest BCUT2D eigenvalue weighted by Gasteiger charge is 2.32. The zero-order chi connectivity index (χ0) is 6.27. The molecule has 2 bridgehead atoms. The van der Waals surface area contributed by atoms with Crippen molar-refractivity contribution in [3.8, 4) is 0 Å². The molecule has 0 spiro atoms. The molecule has 0 saturated carbocycles. The van der Waals surface area contributed by atoms with E-state index in [4.69, 9.17) is 4.74 Å². The van der Waals surface area contributed by atoms with Crippen LogP contribution in [-0.4, -0.2) is 18.9 Å². The molecule has 2 rings (SSSR count). The predicted octanol–water partition coefficient (Wildman–Crippen LogP) is 1.15. The Balaban J connectivity index is 0.000000500. The number of rotatable bonds is 0. The Labute approximate surface area is 67.7 Å². The zero-order valence-corrected chi connectivity index (χ0v) is 6.99.